The molecule has 3 aromatic rings. The Hall–Kier alpha value is -2.40. The minimum absolute atomic E-state index is 0.0884. The predicted octanol–water partition coefficient (Wildman–Crippen LogP) is 4.70. The number of rotatable bonds is 6. The second-order valence-electron chi connectivity index (χ2n) is 5.88. The van der Waals surface area contributed by atoms with Crippen molar-refractivity contribution in [3.63, 3.8) is 0 Å². The van der Waals surface area contributed by atoms with Crippen LogP contribution in [-0.2, 0) is 17.8 Å². The number of furan rings is 1. The monoisotopic (exact) mass is 398 g/mol. The number of pyridine rings is 1. The molecule has 1 aromatic carbocycles. The molecule has 0 aliphatic carbocycles. The Labute approximate surface area is 155 Å². The van der Waals surface area contributed by atoms with Gasteiger partial charge in [0, 0.05) is 35.9 Å². The summed E-state index contributed by atoms with van der Waals surface area (Å²) in [6, 6.07) is 15.7. The highest BCUT2D eigenvalue weighted by Crippen LogP contribution is 2.24. The van der Waals surface area contributed by atoms with E-state index in [-0.39, 0.29) is 5.91 Å². The summed E-state index contributed by atoms with van der Waals surface area (Å²) >= 11 is 3.42. The van der Waals surface area contributed by atoms with E-state index in [2.05, 4.69) is 20.9 Å². The Morgan fingerprint density at radius 1 is 1.16 bits per heavy atom. The lowest BCUT2D eigenvalue weighted by Gasteiger charge is -2.15. The number of halogens is 1. The lowest BCUT2D eigenvalue weighted by atomic mass is 10.1. The number of aromatic nitrogens is 1. The summed E-state index contributed by atoms with van der Waals surface area (Å²) in [6.07, 6.45) is 4.68. The van der Waals surface area contributed by atoms with Gasteiger partial charge < -0.3 is 9.32 Å². The topological polar surface area (TPSA) is 46.3 Å². The van der Waals surface area contributed by atoms with Gasteiger partial charge in [-0.3, -0.25) is 9.78 Å². The van der Waals surface area contributed by atoms with Crippen molar-refractivity contribution in [3.8, 4) is 11.3 Å². The van der Waals surface area contributed by atoms with E-state index in [4.69, 9.17) is 4.42 Å². The summed E-state index contributed by atoms with van der Waals surface area (Å²) in [5.74, 6) is 1.67. The van der Waals surface area contributed by atoms with E-state index in [9.17, 15) is 4.79 Å². The third-order valence-corrected chi connectivity index (χ3v) is 4.49. The second kappa shape index (κ2) is 8.12. The third kappa shape index (κ3) is 4.79. The van der Waals surface area contributed by atoms with Gasteiger partial charge in [-0.25, -0.2) is 0 Å². The van der Waals surface area contributed by atoms with Crippen LogP contribution in [-0.4, -0.2) is 22.8 Å². The highest BCUT2D eigenvalue weighted by molar-refractivity contribution is 9.10. The van der Waals surface area contributed by atoms with Crippen LogP contribution < -0.4 is 0 Å². The normalized spacial score (nSPS) is 10.6. The number of carbonyl (C=O) groups excluding carboxylic acids is 1. The molecule has 4 nitrogen and oxygen atoms in total. The quantitative estimate of drug-likeness (QED) is 0.604. The van der Waals surface area contributed by atoms with E-state index in [1.54, 1.807) is 24.3 Å². The van der Waals surface area contributed by atoms with E-state index < -0.39 is 0 Å². The van der Waals surface area contributed by atoms with Crippen LogP contribution in [0.5, 0.6) is 0 Å². The molecule has 0 N–H and O–H groups in total. The first-order chi connectivity index (χ1) is 12.1. The highest BCUT2D eigenvalue weighted by Gasteiger charge is 2.12. The zero-order chi connectivity index (χ0) is 17.6. The predicted molar refractivity (Wildman–Crippen MR) is 101 cm³/mol. The van der Waals surface area contributed by atoms with Gasteiger partial charge in [0.2, 0.25) is 5.91 Å². The second-order valence-corrected chi connectivity index (χ2v) is 6.80. The van der Waals surface area contributed by atoms with Crippen molar-refractivity contribution in [2.24, 2.45) is 0 Å². The van der Waals surface area contributed by atoms with E-state index in [1.807, 2.05) is 48.5 Å². The maximum Gasteiger partial charge on any atom is 0.223 e. The van der Waals surface area contributed by atoms with Crippen LogP contribution in [0.3, 0.4) is 0 Å². The molecule has 0 radical (unpaired) electrons. The standard InChI is InChI=1S/C20H19BrN2O2/c1-23(20(24)11-4-15-3-2-12-22-13-15)14-18-9-10-19(25-18)16-5-7-17(21)8-6-16/h2-3,5-10,12-13H,4,11,14H2,1H3. The zero-order valence-electron chi connectivity index (χ0n) is 14.0. The molecule has 0 aliphatic rings. The molecule has 128 valence electrons. The van der Waals surface area contributed by atoms with E-state index in [0.717, 1.165) is 27.1 Å². The van der Waals surface area contributed by atoms with Crippen LogP contribution in [0.4, 0.5) is 0 Å². The van der Waals surface area contributed by atoms with Crippen molar-refractivity contribution in [3.05, 3.63) is 76.7 Å². The molecule has 0 saturated carbocycles. The van der Waals surface area contributed by atoms with E-state index >= 15 is 0 Å². The van der Waals surface area contributed by atoms with Crippen molar-refractivity contribution >= 4 is 21.8 Å². The molecular weight excluding hydrogens is 380 g/mol. The zero-order valence-corrected chi connectivity index (χ0v) is 15.6. The number of aryl methyl sites for hydroxylation is 1. The molecule has 25 heavy (non-hydrogen) atoms. The molecule has 0 atom stereocenters. The van der Waals surface area contributed by atoms with Gasteiger partial charge in [0.05, 0.1) is 6.54 Å². The Morgan fingerprint density at radius 3 is 2.68 bits per heavy atom. The minimum Gasteiger partial charge on any atom is -0.459 e. The maximum atomic E-state index is 12.3. The summed E-state index contributed by atoms with van der Waals surface area (Å²) in [5.41, 5.74) is 2.08. The number of hydrogen-bond acceptors (Lipinski definition) is 3. The van der Waals surface area contributed by atoms with Crippen LogP contribution in [0.25, 0.3) is 11.3 Å². The van der Waals surface area contributed by atoms with Gasteiger partial charge in [0.15, 0.2) is 0 Å². The fraction of sp³-hybridized carbons (Fsp3) is 0.200. The van der Waals surface area contributed by atoms with Gasteiger partial charge >= 0.3 is 0 Å². The summed E-state index contributed by atoms with van der Waals surface area (Å²) in [6.45, 7) is 0.461. The third-order valence-electron chi connectivity index (χ3n) is 3.96. The number of nitrogens with zero attached hydrogens (tertiary/aromatic N) is 2. The van der Waals surface area contributed by atoms with Crippen LogP contribution in [0, 0.1) is 0 Å². The van der Waals surface area contributed by atoms with Crippen molar-refractivity contribution < 1.29 is 9.21 Å². The van der Waals surface area contributed by atoms with E-state index in [0.29, 0.717) is 19.4 Å². The summed E-state index contributed by atoms with van der Waals surface area (Å²) in [5, 5.41) is 0. The number of amides is 1. The van der Waals surface area contributed by atoms with Gasteiger partial charge in [0.1, 0.15) is 11.5 Å². The Balaban J connectivity index is 1.56. The molecule has 1 amide bonds. The molecule has 0 aliphatic heterocycles. The van der Waals surface area contributed by atoms with E-state index in [1.165, 1.54) is 0 Å². The molecular formula is C20H19BrN2O2. The lowest BCUT2D eigenvalue weighted by Crippen LogP contribution is -2.26. The van der Waals surface area contributed by atoms with Gasteiger partial charge in [-0.05, 0) is 42.3 Å². The van der Waals surface area contributed by atoms with Gasteiger partial charge in [-0.1, -0.05) is 34.1 Å². The van der Waals surface area contributed by atoms with Gasteiger partial charge in [-0.15, -0.1) is 0 Å². The molecule has 0 unspecified atom stereocenters. The van der Waals surface area contributed by atoms with Crippen molar-refractivity contribution in [2.45, 2.75) is 19.4 Å². The first-order valence-electron chi connectivity index (χ1n) is 8.09. The molecule has 3 rings (SSSR count). The van der Waals surface area contributed by atoms with Crippen molar-refractivity contribution in [1.82, 2.24) is 9.88 Å². The number of carbonyl (C=O) groups is 1. The van der Waals surface area contributed by atoms with Crippen LogP contribution >= 0.6 is 15.9 Å². The fourth-order valence-electron chi connectivity index (χ4n) is 2.54. The highest BCUT2D eigenvalue weighted by atomic mass is 79.9. The molecule has 0 bridgehead atoms. The molecule has 0 spiro atoms. The van der Waals surface area contributed by atoms with Crippen LogP contribution in [0.15, 0.2) is 69.8 Å². The smallest absolute Gasteiger partial charge is 0.223 e. The SMILES string of the molecule is CN(Cc1ccc(-c2ccc(Br)cc2)o1)C(=O)CCc1cccnc1. The first-order valence-corrected chi connectivity index (χ1v) is 8.88. The molecule has 2 aromatic heterocycles. The van der Waals surface area contributed by atoms with Crippen molar-refractivity contribution in [1.29, 1.82) is 0 Å². The summed E-state index contributed by atoms with van der Waals surface area (Å²) < 4.78 is 6.90. The van der Waals surface area contributed by atoms with Crippen LogP contribution in [0.2, 0.25) is 0 Å². The van der Waals surface area contributed by atoms with Gasteiger partial charge in [0.25, 0.3) is 0 Å². The molecule has 5 heteroatoms. The molecule has 2 heterocycles. The number of benzene rings is 1. The lowest BCUT2D eigenvalue weighted by molar-refractivity contribution is -0.130. The first kappa shape index (κ1) is 17.4. The maximum absolute atomic E-state index is 12.3. The van der Waals surface area contributed by atoms with Gasteiger partial charge in [-0.2, -0.15) is 0 Å². The average Bonchev–Trinajstić information content (AvgIpc) is 3.09. The Bertz CT molecular complexity index is 828. The largest absolute Gasteiger partial charge is 0.459 e. The minimum atomic E-state index is 0.0884. The Kier molecular flexibility index (Phi) is 5.66. The average molecular weight is 399 g/mol. The molecule has 0 saturated heterocycles. The van der Waals surface area contributed by atoms with Crippen LogP contribution in [0.1, 0.15) is 17.7 Å². The number of hydrogen-bond donors (Lipinski definition) is 0. The summed E-state index contributed by atoms with van der Waals surface area (Å²) in [7, 11) is 1.80. The van der Waals surface area contributed by atoms with Crippen molar-refractivity contribution in [2.75, 3.05) is 7.05 Å². The molecule has 0 fully saturated rings. The Morgan fingerprint density at radius 2 is 1.96 bits per heavy atom. The summed E-state index contributed by atoms with van der Waals surface area (Å²) in [4.78, 5) is 18.1. The fourth-order valence-corrected chi connectivity index (χ4v) is 2.81.